The molecule has 1 fully saturated rings. The maximum absolute atomic E-state index is 3.76. The predicted molar refractivity (Wildman–Crippen MR) is 85.7 cm³/mol. The summed E-state index contributed by atoms with van der Waals surface area (Å²) in [4.78, 5) is 2.70. The van der Waals surface area contributed by atoms with Crippen LogP contribution in [0.15, 0.2) is 0 Å². The Bertz CT molecular complexity index is 209. The normalized spacial score (nSPS) is 18.6. The third-order valence-electron chi connectivity index (χ3n) is 4.65. The summed E-state index contributed by atoms with van der Waals surface area (Å²) in [5.74, 6) is 0.923. The Balaban J connectivity index is 2.46. The lowest BCUT2D eigenvalue weighted by atomic mass is 9.97. The summed E-state index contributed by atoms with van der Waals surface area (Å²) >= 11 is 0. The van der Waals surface area contributed by atoms with E-state index < -0.39 is 0 Å². The van der Waals surface area contributed by atoms with Crippen molar-refractivity contribution in [2.45, 2.75) is 84.7 Å². The molecule has 1 N–H and O–H groups in total. The van der Waals surface area contributed by atoms with E-state index in [0.29, 0.717) is 6.04 Å². The van der Waals surface area contributed by atoms with Crippen LogP contribution in [0, 0.1) is 5.92 Å². The molecule has 1 saturated carbocycles. The SMILES string of the molecule is CCCCCN(CC(NCC)C1CCCC1)C(C)C. The molecule has 0 spiro atoms. The van der Waals surface area contributed by atoms with Crippen LogP contribution in [0.1, 0.15) is 72.6 Å². The molecule has 0 aromatic rings. The van der Waals surface area contributed by atoms with Gasteiger partial charge in [0.25, 0.3) is 0 Å². The molecule has 0 bridgehead atoms. The van der Waals surface area contributed by atoms with Crippen LogP contribution in [0.5, 0.6) is 0 Å². The molecule has 0 radical (unpaired) electrons. The lowest BCUT2D eigenvalue weighted by Crippen LogP contribution is -2.47. The number of nitrogens with one attached hydrogen (secondary N) is 1. The van der Waals surface area contributed by atoms with Gasteiger partial charge in [-0.25, -0.2) is 0 Å². The van der Waals surface area contributed by atoms with Crippen molar-refractivity contribution < 1.29 is 0 Å². The molecule has 0 saturated heterocycles. The fourth-order valence-corrected chi connectivity index (χ4v) is 3.38. The molecule has 0 aromatic carbocycles. The predicted octanol–water partition coefficient (Wildman–Crippen LogP) is 4.06. The summed E-state index contributed by atoms with van der Waals surface area (Å²) in [7, 11) is 0. The highest BCUT2D eigenvalue weighted by molar-refractivity contribution is 4.84. The van der Waals surface area contributed by atoms with Crippen molar-refractivity contribution in [3.63, 3.8) is 0 Å². The van der Waals surface area contributed by atoms with Crippen LogP contribution in [0.4, 0.5) is 0 Å². The van der Waals surface area contributed by atoms with E-state index in [-0.39, 0.29) is 0 Å². The Kier molecular flexibility index (Phi) is 8.72. The summed E-state index contributed by atoms with van der Waals surface area (Å²) < 4.78 is 0. The Labute approximate surface area is 121 Å². The number of rotatable bonds is 10. The van der Waals surface area contributed by atoms with Crippen LogP contribution in [-0.2, 0) is 0 Å². The van der Waals surface area contributed by atoms with Crippen LogP contribution < -0.4 is 5.32 Å². The first-order valence-corrected chi connectivity index (χ1v) is 8.66. The number of likely N-dealkylation sites (N-methyl/N-ethyl adjacent to an activating group) is 1. The Morgan fingerprint density at radius 3 is 2.32 bits per heavy atom. The molecule has 0 amide bonds. The molecule has 1 rings (SSSR count). The van der Waals surface area contributed by atoms with Gasteiger partial charge in [-0.3, -0.25) is 4.90 Å². The summed E-state index contributed by atoms with van der Waals surface area (Å²) in [6, 6.07) is 1.40. The molecule has 0 aromatic heterocycles. The average Bonchev–Trinajstić information content (AvgIpc) is 2.90. The lowest BCUT2D eigenvalue weighted by Gasteiger charge is -2.34. The molecular formula is C17H36N2. The molecule has 2 heteroatoms. The topological polar surface area (TPSA) is 15.3 Å². The van der Waals surface area contributed by atoms with Gasteiger partial charge < -0.3 is 5.32 Å². The van der Waals surface area contributed by atoms with Gasteiger partial charge in [-0.1, -0.05) is 39.5 Å². The third-order valence-corrected chi connectivity index (χ3v) is 4.65. The van der Waals surface area contributed by atoms with Gasteiger partial charge in [-0.2, -0.15) is 0 Å². The number of hydrogen-bond acceptors (Lipinski definition) is 2. The summed E-state index contributed by atoms with van der Waals surface area (Å²) in [5, 5.41) is 3.76. The Morgan fingerprint density at radius 1 is 1.11 bits per heavy atom. The molecule has 0 heterocycles. The van der Waals surface area contributed by atoms with E-state index in [1.165, 1.54) is 58.0 Å². The third kappa shape index (κ3) is 6.27. The van der Waals surface area contributed by atoms with Gasteiger partial charge in [0.05, 0.1) is 0 Å². The van der Waals surface area contributed by atoms with Crippen LogP contribution >= 0.6 is 0 Å². The number of unbranched alkanes of at least 4 members (excludes halogenated alkanes) is 2. The number of hydrogen-bond donors (Lipinski definition) is 1. The molecule has 1 aliphatic rings. The minimum absolute atomic E-state index is 0.680. The second-order valence-corrected chi connectivity index (χ2v) is 6.50. The fraction of sp³-hybridized carbons (Fsp3) is 1.00. The Hall–Kier alpha value is -0.0800. The van der Waals surface area contributed by atoms with Crippen LogP contribution in [0.2, 0.25) is 0 Å². The van der Waals surface area contributed by atoms with Crippen molar-refractivity contribution >= 4 is 0 Å². The van der Waals surface area contributed by atoms with Crippen LogP contribution in [0.25, 0.3) is 0 Å². The Morgan fingerprint density at radius 2 is 1.79 bits per heavy atom. The highest BCUT2D eigenvalue weighted by Gasteiger charge is 2.26. The molecule has 2 nitrogen and oxygen atoms in total. The molecular weight excluding hydrogens is 232 g/mol. The van der Waals surface area contributed by atoms with Crippen molar-refractivity contribution in [3.05, 3.63) is 0 Å². The van der Waals surface area contributed by atoms with Crippen molar-refractivity contribution in [2.24, 2.45) is 5.92 Å². The smallest absolute Gasteiger partial charge is 0.0223 e. The highest BCUT2D eigenvalue weighted by atomic mass is 15.2. The first-order chi connectivity index (χ1) is 9.19. The molecule has 1 aliphatic carbocycles. The number of nitrogens with zero attached hydrogens (tertiary/aromatic N) is 1. The van der Waals surface area contributed by atoms with Gasteiger partial charge in [-0.05, 0) is 52.1 Å². The van der Waals surface area contributed by atoms with Gasteiger partial charge in [0.2, 0.25) is 0 Å². The van der Waals surface area contributed by atoms with Gasteiger partial charge >= 0.3 is 0 Å². The maximum Gasteiger partial charge on any atom is 0.0223 e. The van der Waals surface area contributed by atoms with E-state index >= 15 is 0 Å². The average molecular weight is 268 g/mol. The van der Waals surface area contributed by atoms with E-state index in [2.05, 4.69) is 37.9 Å². The summed E-state index contributed by atoms with van der Waals surface area (Å²) in [5.41, 5.74) is 0. The van der Waals surface area contributed by atoms with E-state index in [4.69, 9.17) is 0 Å². The minimum Gasteiger partial charge on any atom is -0.313 e. The summed E-state index contributed by atoms with van der Waals surface area (Å²) in [6.07, 6.45) is 9.84. The zero-order chi connectivity index (χ0) is 14.1. The van der Waals surface area contributed by atoms with E-state index in [1.54, 1.807) is 0 Å². The minimum atomic E-state index is 0.680. The molecule has 1 atom stereocenters. The standard InChI is InChI=1S/C17H36N2/c1-5-7-10-13-19(15(3)4)14-17(18-6-2)16-11-8-9-12-16/h15-18H,5-14H2,1-4H3. The van der Waals surface area contributed by atoms with Crippen molar-refractivity contribution in [2.75, 3.05) is 19.6 Å². The van der Waals surface area contributed by atoms with Gasteiger partial charge in [0, 0.05) is 18.6 Å². The van der Waals surface area contributed by atoms with Crippen molar-refractivity contribution in [3.8, 4) is 0 Å². The van der Waals surface area contributed by atoms with Gasteiger partial charge in [0.15, 0.2) is 0 Å². The van der Waals surface area contributed by atoms with Gasteiger partial charge in [-0.15, -0.1) is 0 Å². The quantitative estimate of drug-likeness (QED) is 0.601. The van der Waals surface area contributed by atoms with Gasteiger partial charge in [0.1, 0.15) is 0 Å². The fourth-order valence-electron chi connectivity index (χ4n) is 3.38. The van der Waals surface area contributed by atoms with Crippen LogP contribution in [0.3, 0.4) is 0 Å². The van der Waals surface area contributed by atoms with E-state index in [0.717, 1.165) is 18.5 Å². The monoisotopic (exact) mass is 268 g/mol. The second kappa shape index (κ2) is 9.77. The first kappa shape index (κ1) is 17.0. The van der Waals surface area contributed by atoms with Crippen molar-refractivity contribution in [1.82, 2.24) is 10.2 Å². The maximum atomic E-state index is 3.76. The van der Waals surface area contributed by atoms with E-state index in [9.17, 15) is 0 Å². The van der Waals surface area contributed by atoms with Crippen molar-refractivity contribution in [1.29, 1.82) is 0 Å². The zero-order valence-electron chi connectivity index (χ0n) is 13.8. The lowest BCUT2D eigenvalue weighted by molar-refractivity contribution is 0.171. The highest BCUT2D eigenvalue weighted by Crippen LogP contribution is 2.28. The molecule has 114 valence electrons. The molecule has 0 aliphatic heterocycles. The largest absolute Gasteiger partial charge is 0.313 e. The van der Waals surface area contributed by atoms with Crippen LogP contribution in [-0.4, -0.2) is 36.6 Å². The van der Waals surface area contributed by atoms with E-state index in [1.807, 2.05) is 0 Å². The molecule has 19 heavy (non-hydrogen) atoms. The second-order valence-electron chi connectivity index (χ2n) is 6.50. The molecule has 1 unspecified atom stereocenters. The first-order valence-electron chi connectivity index (χ1n) is 8.66. The summed E-state index contributed by atoms with van der Waals surface area (Å²) in [6.45, 7) is 12.9. The zero-order valence-corrected chi connectivity index (χ0v) is 13.8.